The van der Waals surface area contributed by atoms with Crippen molar-refractivity contribution in [2.24, 2.45) is 0 Å². The van der Waals surface area contributed by atoms with Gasteiger partial charge in [0.2, 0.25) is 0 Å². The molecular weight excluding hydrogens is 160 g/mol. The smallest absolute Gasteiger partial charge is 0.147 e. The lowest BCUT2D eigenvalue weighted by Gasteiger charge is -2.06. The van der Waals surface area contributed by atoms with Crippen molar-refractivity contribution in [3.63, 3.8) is 0 Å². The van der Waals surface area contributed by atoms with Crippen LogP contribution in [0.25, 0.3) is 0 Å². The Hall–Kier alpha value is 0.270. The summed E-state index contributed by atoms with van der Waals surface area (Å²) in [4.78, 5) is 0. The third-order valence-corrected chi connectivity index (χ3v) is 6.19. The predicted octanol–water partition coefficient (Wildman–Crippen LogP) is -0.109. The Morgan fingerprint density at radius 1 is 1.27 bits per heavy atom. The van der Waals surface area contributed by atoms with E-state index < -0.39 is 12.2 Å². The molecule has 2 unspecified atom stereocenters. The summed E-state index contributed by atoms with van der Waals surface area (Å²) < 4.78 is 0. The molecule has 0 spiro atoms. The monoisotopic (exact) mass is 175 g/mol. The molecule has 5 atom stereocenters. The summed E-state index contributed by atoms with van der Waals surface area (Å²) in [6.45, 7) is 2.24. The van der Waals surface area contributed by atoms with E-state index in [0.717, 1.165) is 17.4 Å². The minimum atomic E-state index is -0.425. The highest BCUT2D eigenvalue weighted by molar-refractivity contribution is 7.98. The number of hydrogen-bond donors (Lipinski definition) is 2. The fourth-order valence-electron chi connectivity index (χ4n) is 2.18. The van der Waals surface area contributed by atoms with E-state index in [1.54, 1.807) is 0 Å². The molecule has 2 fully saturated rings. The van der Waals surface area contributed by atoms with Gasteiger partial charge in [0, 0.05) is 6.42 Å². The normalized spacial score (nSPS) is 56.5. The first-order valence-electron chi connectivity index (χ1n) is 4.25. The molecule has 0 saturated carbocycles. The molecule has 2 nitrogen and oxygen atoms in total. The number of hydrogen-bond acceptors (Lipinski definition) is 2. The van der Waals surface area contributed by atoms with Gasteiger partial charge in [0.1, 0.15) is 28.5 Å². The van der Waals surface area contributed by atoms with Gasteiger partial charge in [-0.2, -0.15) is 0 Å². The lowest BCUT2D eigenvalue weighted by Crippen LogP contribution is -2.29. The van der Waals surface area contributed by atoms with Crippen molar-refractivity contribution < 1.29 is 10.2 Å². The molecule has 2 heterocycles. The Kier molecular flexibility index (Phi) is 1.90. The van der Waals surface area contributed by atoms with E-state index in [4.69, 9.17) is 0 Å². The zero-order valence-electron chi connectivity index (χ0n) is 6.73. The maximum absolute atomic E-state index is 9.54. The highest BCUT2D eigenvalue weighted by Crippen LogP contribution is 2.37. The fraction of sp³-hybridized carbons (Fsp3) is 1.00. The van der Waals surface area contributed by atoms with Gasteiger partial charge in [-0.15, -0.1) is 0 Å². The van der Waals surface area contributed by atoms with Crippen LogP contribution < -0.4 is 0 Å². The van der Waals surface area contributed by atoms with E-state index in [1.807, 2.05) is 0 Å². The van der Waals surface area contributed by atoms with Crippen molar-refractivity contribution in [2.75, 3.05) is 5.75 Å². The van der Waals surface area contributed by atoms with Crippen LogP contribution in [0.15, 0.2) is 0 Å². The summed E-state index contributed by atoms with van der Waals surface area (Å²) in [6, 6.07) is 0. The van der Waals surface area contributed by atoms with Gasteiger partial charge in [0.05, 0.1) is 0 Å². The van der Waals surface area contributed by atoms with E-state index in [9.17, 15) is 10.2 Å². The number of fused-ring (bicyclic) bond motifs is 1. The van der Waals surface area contributed by atoms with Gasteiger partial charge in [-0.25, -0.2) is 0 Å². The molecule has 11 heavy (non-hydrogen) atoms. The molecule has 3 heteroatoms. The zero-order chi connectivity index (χ0) is 8.01. The van der Waals surface area contributed by atoms with Gasteiger partial charge < -0.3 is 10.2 Å². The topological polar surface area (TPSA) is 40.5 Å². The molecule has 2 aliphatic rings. The summed E-state index contributed by atoms with van der Waals surface area (Å²) in [5.41, 5.74) is 0. The molecule has 0 aromatic heterocycles. The number of aliphatic hydroxyl groups is 2. The Labute approximate surface area is 70.0 Å². The van der Waals surface area contributed by atoms with Gasteiger partial charge in [0.25, 0.3) is 0 Å². The van der Waals surface area contributed by atoms with Crippen molar-refractivity contribution >= 4 is 10.9 Å². The van der Waals surface area contributed by atoms with Gasteiger partial charge in [-0.05, 0) is 24.2 Å². The predicted molar refractivity (Wildman–Crippen MR) is 46.7 cm³/mol. The average molecular weight is 175 g/mol. The highest BCUT2D eigenvalue weighted by atomic mass is 32.2. The standard InChI is InChI=1S/C8H15O2S/c1-5-2-3-7-8(10)6(9)4-11(5)7/h5-10H,2-4H2,1H3/q+1/t5?,6-,7-,8+,11?/m1/s1. The molecular formula is C8H15O2S+. The van der Waals surface area contributed by atoms with Crippen LogP contribution in [0.3, 0.4) is 0 Å². The van der Waals surface area contributed by atoms with Gasteiger partial charge in [-0.1, -0.05) is 0 Å². The second kappa shape index (κ2) is 2.64. The largest absolute Gasteiger partial charge is 0.385 e. The van der Waals surface area contributed by atoms with E-state index in [1.165, 1.54) is 6.42 Å². The van der Waals surface area contributed by atoms with Crippen LogP contribution in [0.4, 0.5) is 0 Å². The quantitative estimate of drug-likeness (QED) is 0.504. The van der Waals surface area contributed by atoms with Crippen molar-refractivity contribution in [1.82, 2.24) is 0 Å². The van der Waals surface area contributed by atoms with Crippen molar-refractivity contribution in [2.45, 2.75) is 42.5 Å². The second-order valence-corrected chi connectivity index (χ2v) is 6.30. The summed E-state index contributed by atoms with van der Waals surface area (Å²) in [5, 5.41) is 20.1. The van der Waals surface area contributed by atoms with Crippen LogP contribution in [0.2, 0.25) is 0 Å². The lowest BCUT2D eigenvalue weighted by atomic mass is 10.1. The highest BCUT2D eigenvalue weighted by Gasteiger charge is 2.55. The number of aliphatic hydroxyl groups excluding tert-OH is 2. The van der Waals surface area contributed by atoms with Gasteiger partial charge in [0.15, 0.2) is 0 Å². The Morgan fingerprint density at radius 2 is 2.00 bits per heavy atom. The fourth-order valence-corrected chi connectivity index (χ4v) is 5.36. The zero-order valence-corrected chi connectivity index (χ0v) is 7.55. The molecule has 0 aliphatic carbocycles. The van der Waals surface area contributed by atoms with Crippen molar-refractivity contribution in [3.05, 3.63) is 0 Å². The van der Waals surface area contributed by atoms with Gasteiger partial charge in [-0.3, -0.25) is 0 Å². The van der Waals surface area contributed by atoms with E-state index in [0.29, 0.717) is 16.1 Å². The first-order valence-corrected chi connectivity index (χ1v) is 5.77. The van der Waals surface area contributed by atoms with Gasteiger partial charge >= 0.3 is 0 Å². The molecule has 64 valence electrons. The Bertz CT molecular complexity index is 162. The van der Waals surface area contributed by atoms with Crippen LogP contribution in [-0.2, 0) is 10.9 Å². The van der Waals surface area contributed by atoms with Crippen LogP contribution in [0, 0.1) is 0 Å². The average Bonchev–Trinajstić information content (AvgIpc) is 2.43. The molecule has 2 rings (SSSR count). The minimum Gasteiger partial charge on any atom is -0.385 e. The third kappa shape index (κ3) is 1.10. The number of rotatable bonds is 0. The lowest BCUT2D eigenvalue weighted by molar-refractivity contribution is 0.0408. The molecule has 2 aliphatic heterocycles. The summed E-state index contributed by atoms with van der Waals surface area (Å²) in [5.74, 6) is 0.854. The first kappa shape index (κ1) is 7.90. The van der Waals surface area contributed by atoms with Crippen molar-refractivity contribution in [3.8, 4) is 0 Å². The third-order valence-electron chi connectivity index (χ3n) is 2.90. The Morgan fingerprint density at radius 3 is 2.64 bits per heavy atom. The summed E-state index contributed by atoms with van der Waals surface area (Å²) in [7, 11) is 0.327. The van der Waals surface area contributed by atoms with Crippen LogP contribution >= 0.6 is 0 Å². The van der Waals surface area contributed by atoms with Crippen LogP contribution in [-0.4, -0.2) is 38.7 Å². The van der Waals surface area contributed by atoms with E-state index in [2.05, 4.69) is 6.92 Å². The molecule has 0 radical (unpaired) electrons. The molecule has 2 N–H and O–H groups in total. The molecule has 0 aromatic rings. The molecule has 0 bridgehead atoms. The maximum Gasteiger partial charge on any atom is 0.147 e. The SMILES string of the molecule is CC1CC[C@@H]2[C@@H](O)[C@H](O)C[S+]12. The minimum absolute atomic E-state index is 0.327. The van der Waals surface area contributed by atoms with Crippen LogP contribution in [0.5, 0.6) is 0 Å². The van der Waals surface area contributed by atoms with Crippen molar-refractivity contribution in [1.29, 1.82) is 0 Å². The first-order chi connectivity index (χ1) is 5.20. The molecule has 2 saturated heterocycles. The second-order valence-electron chi connectivity index (χ2n) is 3.62. The van der Waals surface area contributed by atoms with E-state index in [-0.39, 0.29) is 0 Å². The summed E-state index contributed by atoms with van der Waals surface area (Å²) >= 11 is 0. The maximum atomic E-state index is 9.54. The van der Waals surface area contributed by atoms with E-state index >= 15 is 0 Å². The molecule has 0 amide bonds. The molecule has 0 aromatic carbocycles. The Balaban J connectivity index is 2.12. The summed E-state index contributed by atoms with van der Waals surface area (Å²) in [6.07, 6.45) is 1.54. The van der Waals surface area contributed by atoms with Crippen LogP contribution in [0.1, 0.15) is 19.8 Å².